The Balaban J connectivity index is 1.32. The molecule has 2 heterocycles. The number of amides is 3. The molecule has 7 nitrogen and oxygen atoms in total. The van der Waals surface area contributed by atoms with E-state index < -0.39 is 0 Å². The molecule has 1 N–H and O–H groups in total. The summed E-state index contributed by atoms with van der Waals surface area (Å²) in [4.78, 5) is 40.0. The van der Waals surface area contributed by atoms with Crippen LogP contribution >= 0.6 is 0 Å². The van der Waals surface area contributed by atoms with Gasteiger partial charge in [0.2, 0.25) is 11.8 Å². The molecule has 0 unspecified atom stereocenters. The Morgan fingerprint density at radius 2 is 1.85 bits per heavy atom. The Morgan fingerprint density at radius 1 is 1.12 bits per heavy atom. The molecule has 3 aliphatic rings. The molecule has 1 aromatic carbocycles. The normalized spacial score (nSPS) is 19.9. The van der Waals surface area contributed by atoms with Crippen LogP contribution in [0.1, 0.15) is 24.8 Å². The number of anilines is 1. The van der Waals surface area contributed by atoms with E-state index in [2.05, 4.69) is 5.32 Å². The molecule has 138 valence electrons. The van der Waals surface area contributed by atoms with Gasteiger partial charge >= 0.3 is 0 Å². The molecule has 3 amide bonds. The van der Waals surface area contributed by atoms with Crippen molar-refractivity contribution in [2.75, 3.05) is 38.1 Å². The van der Waals surface area contributed by atoms with Crippen LogP contribution < -0.4 is 10.1 Å². The molecule has 0 bridgehead atoms. The number of nitrogens with zero attached hydrogens (tertiary/aromatic N) is 2. The SMILES string of the molecule is O=C1COc2ccc(CC(=O)N3CCN(C(=O)C4CCC4)CC3)cc2N1. The Hall–Kier alpha value is -2.57. The van der Waals surface area contributed by atoms with E-state index in [1.54, 1.807) is 12.1 Å². The summed E-state index contributed by atoms with van der Waals surface area (Å²) in [5.41, 5.74) is 1.45. The molecular formula is C19H23N3O4. The number of hydrogen-bond donors (Lipinski definition) is 1. The minimum Gasteiger partial charge on any atom is -0.482 e. The minimum atomic E-state index is -0.187. The van der Waals surface area contributed by atoms with Gasteiger partial charge in [0, 0.05) is 32.1 Å². The molecule has 0 atom stereocenters. The second-order valence-corrected chi connectivity index (χ2v) is 7.18. The van der Waals surface area contributed by atoms with E-state index in [4.69, 9.17) is 4.74 Å². The van der Waals surface area contributed by atoms with Gasteiger partial charge in [-0.2, -0.15) is 0 Å². The fourth-order valence-corrected chi connectivity index (χ4v) is 3.62. The second kappa shape index (κ2) is 6.97. The quantitative estimate of drug-likeness (QED) is 0.876. The van der Waals surface area contributed by atoms with Gasteiger partial charge < -0.3 is 19.9 Å². The first-order valence-electron chi connectivity index (χ1n) is 9.22. The summed E-state index contributed by atoms with van der Waals surface area (Å²) in [6.07, 6.45) is 3.45. The van der Waals surface area contributed by atoms with E-state index in [0.29, 0.717) is 37.6 Å². The lowest BCUT2D eigenvalue weighted by molar-refractivity contribution is -0.143. The number of carbonyl (C=O) groups is 3. The van der Waals surface area contributed by atoms with Crippen molar-refractivity contribution >= 4 is 23.4 Å². The van der Waals surface area contributed by atoms with E-state index in [1.165, 1.54) is 0 Å². The number of ether oxygens (including phenoxy) is 1. The number of benzene rings is 1. The number of hydrogen-bond acceptors (Lipinski definition) is 4. The van der Waals surface area contributed by atoms with Gasteiger partial charge in [-0.15, -0.1) is 0 Å². The van der Waals surface area contributed by atoms with Crippen LogP contribution in [0.5, 0.6) is 5.75 Å². The zero-order chi connectivity index (χ0) is 18.1. The van der Waals surface area contributed by atoms with Gasteiger partial charge in [-0.3, -0.25) is 14.4 Å². The van der Waals surface area contributed by atoms with Crippen LogP contribution in [-0.2, 0) is 20.8 Å². The number of nitrogens with one attached hydrogen (secondary N) is 1. The maximum absolute atomic E-state index is 12.6. The zero-order valence-corrected chi connectivity index (χ0v) is 14.7. The van der Waals surface area contributed by atoms with Crippen molar-refractivity contribution in [2.45, 2.75) is 25.7 Å². The first kappa shape index (κ1) is 16.9. The van der Waals surface area contributed by atoms with E-state index in [9.17, 15) is 14.4 Å². The monoisotopic (exact) mass is 357 g/mol. The summed E-state index contributed by atoms with van der Waals surface area (Å²) in [5, 5.41) is 2.76. The third-order valence-electron chi connectivity index (χ3n) is 5.43. The number of fused-ring (bicyclic) bond motifs is 1. The zero-order valence-electron chi connectivity index (χ0n) is 14.7. The van der Waals surface area contributed by atoms with Crippen LogP contribution in [0.25, 0.3) is 0 Å². The third kappa shape index (κ3) is 3.38. The molecule has 1 aromatic rings. The van der Waals surface area contributed by atoms with Crippen LogP contribution in [0, 0.1) is 5.92 Å². The highest BCUT2D eigenvalue weighted by Crippen LogP contribution is 2.29. The van der Waals surface area contributed by atoms with Gasteiger partial charge in [0.1, 0.15) is 5.75 Å². The summed E-state index contributed by atoms with van der Waals surface area (Å²) in [7, 11) is 0. The van der Waals surface area contributed by atoms with Crippen LogP contribution in [0.2, 0.25) is 0 Å². The van der Waals surface area contributed by atoms with Crippen molar-refractivity contribution in [3.05, 3.63) is 23.8 Å². The lowest BCUT2D eigenvalue weighted by Gasteiger charge is -2.38. The van der Waals surface area contributed by atoms with Crippen LogP contribution in [-0.4, -0.2) is 60.3 Å². The highest BCUT2D eigenvalue weighted by molar-refractivity contribution is 5.95. The molecule has 26 heavy (non-hydrogen) atoms. The van der Waals surface area contributed by atoms with Crippen molar-refractivity contribution < 1.29 is 19.1 Å². The van der Waals surface area contributed by atoms with E-state index in [0.717, 1.165) is 24.8 Å². The fourth-order valence-electron chi connectivity index (χ4n) is 3.62. The topological polar surface area (TPSA) is 79.0 Å². The molecule has 2 aliphatic heterocycles. The van der Waals surface area contributed by atoms with Gasteiger partial charge in [-0.25, -0.2) is 0 Å². The Bertz CT molecular complexity index is 736. The maximum Gasteiger partial charge on any atom is 0.262 e. The predicted octanol–water partition coefficient (Wildman–Crippen LogP) is 1.03. The van der Waals surface area contributed by atoms with Gasteiger partial charge in [0.15, 0.2) is 6.61 Å². The van der Waals surface area contributed by atoms with Gasteiger partial charge in [-0.05, 0) is 30.5 Å². The van der Waals surface area contributed by atoms with Crippen molar-refractivity contribution in [3.8, 4) is 5.75 Å². The Morgan fingerprint density at radius 3 is 2.54 bits per heavy atom. The highest BCUT2D eigenvalue weighted by atomic mass is 16.5. The summed E-state index contributed by atoms with van der Waals surface area (Å²) in [5.74, 6) is 0.958. The van der Waals surface area contributed by atoms with Gasteiger partial charge in [0.25, 0.3) is 5.91 Å². The number of piperazine rings is 1. The van der Waals surface area contributed by atoms with Crippen molar-refractivity contribution in [1.82, 2.24) is 9.80 Å². The highest BCUT2D eigenvalue weighted by Gasteiger charge is 2.32. The summed E-state index contributed by atoms with van der Waals surface area (Å²) >= 11 is 0. The molecule has 2 fully saturated rings. The van der Waals surface area contributed by atoms with Crippen molar-refractivity contribution in [3.63, 3.8) is 0 Å². The van der Waals surface area contributed by atoms with E-state index in [-0.39, 0.29) is 36.7 Å². The Kier molecular flexibility index (Phi) is 4.53. The van der Waals surface area contributed by atoms with Crippen LogP contribution in [0.4, 0.5) is 5.69 Å². The molecule has 0 radical (unpaired) electrons. The number of rotatable bonds is 3. The third-order valence-corrected chi connectivity index (χ3v) is 5.43. The molecule has 0 aromatic heterocycles. The van der Waals surface area contributed by atoms with Gasteiger partial charge in [0.05, 0.1) is 12.1 Å². The van der Waals surface area contributed by atoms with E-state index in [1.807, 2.05) is 15.9 Å². The predicted molar refractivity (Wildman–Crippen MR) is 94.8 cm³/mol. The van der Waals surface area contributed by atoms with E-state index >= 15 is 0 Å². The first-order chi connectivity index (χ1) is 12.6. The van der Waals surface area contributed by atoms with Crippen LogP contribution in [0.3, 0.4) is 0 Å². The molecular weight excluding hydrogens is 334 g/mol. The van der Waals surface area contributed by atoms with Crippen molar-refractivity contribution in [2.24, 2.45) is 5.92 Å². The molecule has 0 spiro atoms. The smallest absolute Gasteiger partial charge is 0.262 e. The Labute approximate surface area is 152 Å². The summed E-state index contributed by atoms with van der Waals surface area (Å²) < 4.78 is 5.33. The molecule has 4 rings (SSSR count). The first-order valence-corrected chi connectivity index (χ1v) is 9.22. The lowest BCUT2D eigenvalue weighted by Crippen LogP contribution is -2.52. The average molecular weight is 357 g/mol. The summed E-state index contributed by atoms with van der Waals surface area (Å²) in [6, 6.07) is 5.43. The van der Waals surface area contributed by atoms with Crippen molar-refractivity contribution in [1.29, 1.82) is 0 Å². The largest absolute Gasteiger partial charge is 0.482 e. The van der Waals surface area contributed by atoms with Gasteiger partial charge in [-0.1, -0.05) is 12.5 Å². The minimum absolute atomic E-state index is 0.0229. The molecule has 1 saturated carbocycles. The summed E-state index contributed by atoms with van der Waals surface area (Å²) in [6.45, 7) is 2.43. The fraction of sp³-hybridized carbons (Fsp3) is 0.526. The maximum atomic E-state index is 12.6. The molecule has 1 saturated heterocycles. The molecule has 7 heteroatoms. The average Bonchev–Trinajstić information content (AvgIpc) is 2.60. The van der Waals surface area contributed by atoms with Crippen LogP contribution in [0.15, 0.2) is 18.2 Å². The lowest BCUT2D eigenvalue weighted by atomic mass is 9.84. The number of carbonyl (C=O) groups excluding carboxylic acids is 3. The molecule has 1 aliphatic carbocycles. The second-order valence-electron chi connectivity index (χ2n) is 7.18. The standard InChI is InChI=1S/C19H23N3O4/c23-17-12-26-16-5-4-13(10-15(16)20-17)11-18(24)21-6-8-22(9-7-21)19(25)14-2-1-3-14/h4-5,10,14H,1-3,6-9,11-12H2,(H,20,23).